The summed E-state index contributed by atoms with van der Waals surface area (Å²) in [6.07, 6.45) is 18.8. The van der Waals surface area contributed by atoms with E-state index in [2.05, 4.69) is 19.1 Å². The SMILES string of the molecule is CCC/C=C/CCCCCC/C=C/C=O. The minimum atomic E-state index is 0.846. The second-order valence-corrected chi connectivity index (χ2v) is 3.82. The summed E-state index contributed by atoms with van der Waals surface area (Å²) >= 11 is 0. The number of hydrogen-bond donors (Lipinski definition) is 0. The fourth-order valence-electron chi connectivity index (χ4n) is 1.43. The van der Waals surface area contributed by atoms with E-state index in [0.717, 1.165) is 12.7 Å². The summed E-state index contributed by atoms with van der Waals surface area (Å²) in [5.74, 6) is 0. The molecule has 0 spiro atoms. The van der Waals surface area contributed by atoms with E-state index in [-0.39, 0.29) is 0 Å². The fraction of sp³-hybridized carbons (Fsp3) is 0.643. The van der Waals surface area contributed by atoms with Crippen molar-refractivity contribution in [3.8, 4) is 0 Å². The Hall–Kier alpha value is -0.850. The van der Waals surface area contributed by atoms with Gasteiger partial charge < -0.3 is 0 Å². The van der Waals surface area contributed by atoms with Crippen LogP contribution >= 0.6 is 0 Å². The van der Waals surface area contributed by atoms with Gasteiger partial charge in [0.25, 0.3) is 0 Å². The number of carbonyl (C=O) groups is 1. The number of carbonyl (C=O) groups excluding carboxylic acids is 1. The van der Waals surface area contributed by atoms with Gasteiger partial charge in [0.15, 0.2) is 0 Å². The van der Waals surface area contributed by atoms with Gasteiger partial charge >= 0.3 is 0 Å². The molecule has 86 valence electrons. The van der Waals surface area contributed by atoms with E-state index in [1.54, 1.807) is 6.08 Å². The zero-order chi connectivity index (χ0) is 11.2. The van der Waals surface area contributed by atoms with Crippen LogP contribution in [-0.4, -0.2) is 6.29 Å². The average Bonchev–Trinajstić information content (AvgIpc) is 2.26. The lowest BCUT2D eigenvalue weighted by molar-refractivity contribution is -0.104. The van der Waals surface area contributed by atoms with Crippen molar-refractivity contribution in [3.63, 3.8) is 0 Å². The Morgan fingerprint density at radius 2 is 1.40 bits per heavy atom. The lowest BCUT2D eigenvalue weighted by atomic mass is 10.1. The highest BCUT2D eigenvalue weighted by molar-refractivity contribution is 5.64. The molecule has 0 unspecified atom stereocenters. The van der Waals surface area contributed by atoms with Gasteiger partial charge in [-0.3, -0.25) is 4.79 Å². The van der Waals surface area contributed by atoms with E-state index in [4.69, 9.17) is 0 Å². The van der Waals surface area contributed by atoms with Crippen LogP contribution in [0.4, 0.5) is 0 Å². The number of aldehydes is 1. The predicted molar refractivity (Wildman–Crippen MR) is 67.0 cm³/mol. The molecule has 0 saturated carbocycles. The molecule has 0 rings (SSSR count). The fourth-order valence-corrected chi connectivity index (χ4v) is 1.43. The maximum absolute atomic E-state index is 9.97. The Balaban J connectivity index is 3.04. The van der Waals surface area contributed by atoms with Gasteiger partial charge in [0, 0.05) is 0 Å². The van der Waals surface area contributed by atoms with E-state index in [1.807, 2.05) is 6.08 Å². The van der Waals surface area contributed by atoms with Crippen LogP contribution in [0.5, 0.6) is 0 Å². The molecule has 0 aromatic carbocycles. The normalized spacial score (nSPS) is 11.5. The van der Waals surface area contributed by atoms with E-state index in [0.29, 0.717) is 0 Å². The second kappa shape index (κ2) is 13.2. The summed E-state index contributed by atoms with van der Waals surface area (Å²) in [6, 6.07) is 0. The van der Waals surface area contributed by atoms with Crippen molar-refractivity contribution in [3.05, 3.63) is 24.3 Å². The van der Waals surface area contributed by atoms with Crippen LogP contribution in [0.3, 0.4) is 0 Å². The topological polar surface area (TPSA) is 17.1 Å². The lowest BCUT2D eigenvalue weighted by Gasteiger charge is -1.96. The first-order valence-corrected chi connectivity index (χ1v) is 6.17. The predicted octanol–water partition coefficient (Wildman–Crippen LogP) is 4.44. The highest BCUT2D eigenvalue weighted by Crippen LogP contribution is 2.06. The van der Waals surface area contributed by atoms with E-state index in [1.165, 1.54) is 44.9 Å². The van der Waals surface area contributed by atoms with Crippen molar-refractivity contribution in [1.82, 2.24) is 0 Å². The van der Waals surface area contributed by atoms with Crippen molar-refractivity contribution < 1.29 is 4.79 Å². The smallest absolute Gasteiger partial charge is 0.142 e. The quantitative estimate of drug-likeness (QED) is 0.224. The molecule has 1 nitrogen and oxygen atoms in total. The van der Waals surface area contributed by atoms with Crippen molar-refractivity contribution in [2.75, 3.05) is 0 Å². The average molecular weight is 208 g/mol. The number of allylic oxidation sites excluding steroid dienone is 4. The van der Waals surface area contributed by atoms with Gasteiger partial charge in [0.1, 0.15) is 6.29 Å². The maximum atomic E-state index is 9.97. The van der Waals surface area contributed by atoms with Crippen molar-refractivity contribution in [2.24, 2.45) is 0 Å². The summed E-state index contributed by atoms with van der Waals surface area (Å²) in [5.41, 5.74) is 0. The third-order valence-electron chi connectivity index (χ3n) is 2.33. The molecule has 0 fully saturated rings. The Morgan fingerprint density at radius 1 is 0.800 bits per heavy atom. The molecule has 0 aromatic rings. The molecule has 0 amide bonds. The van der Waals surface area contributed by atoms with E-state index < -0.39 is 0 Å². The van der Waals surface area contributed by atoms with E-state index >= 15 is 0 Å². The van der Waals surface area contributed by atoms with Crippen LogP contribution in [0.2, 0.25) is 0 Å². The Bertz CT molecular complexity index is 180. The molecule has 0 saturated heterocycles. The molecular weight excluding hydrogens is 184 g/mol. The summed E-state index contributed by atoms with van der Waals surface area (Å²) in [7, 11) is 0. The molecule has 15 heavy (non-hydrogen) atoms. The molecule has 0 aliphatic carbocycles. The van der Waals surface area contributed by atoms with Gasteiger partial charge in [0.2, 0.25) is 0 Å². The Morgan fingerprint density at radius 3 is 2.00 bits per heavy atom. The van der Waals surface area contributed by atoms with Crippen LogP contribution in [0, 0.1) is 0 Å². The summed E-state index contributed by atoms with van der Waals surface area (Å²) in [6.45, 7) is 2.21. The molecule has 0 atom stereocenters. The van der Waals surface area contributed by atoms with Crippen molar-refractivity contribution in [1.29, 1.82) is 0 Å². The molecule has 0 aliphatic rings. The molecular formula is C14H24O. The third-order valence-corrected chi connectivity index (χ3v) is 2.33. The third kappa shape index (κ3) is 13.2. The number of rotatable bonds is 10. The highest BCUT2D eigenvalue weighted by Gasteiger charge is 1.87. The van der Waals surface area contributed by atoms with Gasteiger partial charge in [-0.2, -0.15) is 0 Å². The standard InChI is InChI=1S/C14H24O/c1-2-3-4-5-6-7-8-9-10-11-12-13-14-15/h4-5,12-14H,2-3,6-11H2,1H3/b5-4+,13-12+. The molecule has 0 heterocycles. The first-order valence-electron chi connectivity index (χ1n) is 6.17. The van der Waals surface area contributed by atoms with Gasteiger partial charge in [-0.15, -0.1) is 0 Å². The number of hydrogen-bond acceptors (Lipinski definition) is 1. The summed E-state index contributed by atoms with van der Waals surface area (Å²) in [5, 5.41) is 0. The molecule has 0 radical (unpaired) electrons. The summed E-state index contributed by atoms with van der Waals surface area (Å²) in [4.78, 5) is 9.97. The Labute approximate surface area is 94.3 Å². The number of unbranched alkanes of at least 4 members (excludes halogenated alkanes) is 6. The van der Waals surface area contributed by atoms with Crippen LogP contribution < -0.4 is 0 Å². The summed E-state index contributed by atoms with van der Waals surface area (Å²) < 4.78 is 0. The first-order chi connectivity index (χ1) is 7.41. The Kier molecular flexibility index (Phi) is 12.4. The lowest BCUT2D eigenvalue weighted by Crippen LogP contribution is -1.77. The molecule has 1 heteroatoms. The zero-order valence-corrected chi connectivity index (χ0v) is 9.95. The maximum Gasteiger partial charge on any atom is 0.142 e. The van der Waals surface area contributed by atoms with Crippen LogP contribution in [0.1, 0.15) is 58.3 Å². The van der Waals surface area contributed by atoms with Gasteiger partial charge in [-0.05, 0) is 38.2 Å². The molecule has 0 aliphatic heterocycles. The van der Waals surface area contributed by atoms with Gasteiger partial charge in [-0.25, -0.2) is 0 Å². The molecule has 0 aromatic heterocycles. The second-order valence-electron chi connectivity index (χ2n) is 3.82. The van der Waals surface area contributed by atoms with Crippen LogP contribution in [0.25, 0.3) is 0 Å². The first kappa shape index (κ1) is 14.2. The van der Waals surface area contributed by atoms with Gasteiger partial charge in [0.05, 0.1) is 0 Å². The van der Waals surface area contributed by atoms with Crippen molar-refractivity contribution in [2.45, 2.75) is 58.3 Å². The van der Waals surface area contributed by atoms with Crippen LogP contribution in [-0.2, 0) is 4.79 Å². The highest BCUT2D eigenvalue weighted by atomic mass is 16.1. The monoisotopic (exact) mass is 208 g/mol. The molecule has 0 N–H and O–H groups in total. The molecule has 0 bridgehead atoms. The minimum absolute atomic E-state index is 0.846. The zero-order valence-electron chi connectivity index (χ0n) is 9.95. The largest absolute Gasteiger partial charge is 0.299 e. The van der Waals surface area contributed by atoms with Gasteiger partial charge in [-0.1, -0.05) is 44.4 Å². The van der Waals surface area contributed by atoms with Crippen molar-refractivity contribution >= 4 is 6.29 Å². The minimum Gasteiger partial charge on any atom is -0.299 e. The van der Waals surface area contributed by atoms with Crippen LogP contribution in [0.15, 0.2) is 24.3 Å². The van der Waals surface area contributed by atoms with E-state index in [9.17, 15) is 4.79 Å².